The molecule has 4 heteroatoms. The minimum absolute atomic E-state index is 0.142. The van der Waals surface area contributed by atoms with Crippen molar-refractivity contribution < 1.29 is 9.59 Å². The number of benzene rings is 1. The Balaban J connectivity index is 1.70. The lowest BCUT2D eigenvalue weighted by Crippen LogP contribution is -2.39. The molecule has 0 radical (unpaired) electrons. The monoisotopic (exact) mass is 372 g/mol. The van der Waals surface area contributed by atoms with Crippen LogP contribution in [0.4, 0.5) is 0 Å². The Morgan fingerprint density at radius 3 is 2.22 bits per heavy atom. The summed E-state index contributed by atoms with van der Waals surface area (Å²) in [5, 5.41) is 3.15. The highest BCUT2D eigenvalue weighted by Crippen LogP contribution is 2.22. The van der Waals surface area contributed by atoms with Gasteiger partial charge in [0.1, 0.15) is 0 Å². The molecule has 1 aromatic rings. The van der Waals surface area contributed by atoms with E-state index in [1.807, 2.05) is 36.1 Å². The van der Waals surface area contributed by atoms with E-state index in [1.54, 1.807) is 0 Å². The Hall–Kier alpha value is -1.84. The van der Waals surface area contributed by atoms with Crippen molar-refractivity contribution in [3.63, 3.8) is 0 Å². The third-order valence-electron chi connectivity index (χ3n) is 5.70. The first-order valence-corrected chi connectivity index (χ1v) is 10.7. The second kappa shape index (κ2) is 11.1. The zero-order valence-electron chi connectivity index (χ0n) is 17.3. The number of carbonyl (C=O) groups is 2. The van der Waals surface area contributed by atoms with Crippen molar-refractivity contribution in [2.24, 2.45) is 11.8 Å². The van der Waals surface area contributed by atoms with Crippen LogP contribution in [0.1, 0.15) is 74.7 Å². The number of nitrogens with one attached hydrogen (secondary N) is 1. The third-order valence-corrected chi connectivity index (χ3v) is 5.70. The minimum atomic E-state index is 0.142. The van der Waals surface area contributed by atoms with Crippen molar-refractivity contribution in [1.29, 1.82) is 0 Å². The van der Waals surface area contributed by atoms with Gasteiger partial charge in [-0.1, -0.05) is 44.4 Å². The van der Waals surface area contributed by atoms with Crippen molar-refractivity contribution in [2.75, 3.05) is 19.6 Å². The normalized spacial score (nSPS) is 15.2. The summed E-state index contributed by atoms with van der Waals surface area (Å²) in [5.41, 5.74) is 1.96. The SMILES string of the molecule is CCCC(CCC)C(=O)NCCC1CCN(C(=O)c2ccc(C)cc2)CC1. The molecule has 2 amide bonds. The van der Waals surface area contributed by atoms with E-state index in [4.69, 9.17) is 0 Å². The summed E-state index contributed by atoms with van der Waals surface area (Å²) in [4.78, 5) is 26.9. The lowest BCUT2D eigenvalue weighted by Gasteiger charge is -2.32. The molecule has 0 aliphatic carbocycles. The second-order valence-electron chi connectivity index (χ2n) is 7.96. The smallest absolute Gasteiger partial charge is 0.253 e. The Morgan fingerprint density at radius 2 is 1.67 bits per heavy atom. The van der Waals surface area contributed by atoms with E-state index in [0.717, 1.165) is 70.1 Å². The fourth-order valence-corrected chi connectivity index (χ4v) is 3.95. The van der Waals surface area contributed by atoms with Gasteiger partial charge in [-0.3, -0.25) is 9.59 Å². The molecule has 1 aliphatic heterocycles. The molecule has 27 heavy (non-hydrogen) atoms. The van der Waals surface area contributed by atoms with Crippen LogP contribution in [0.2, 0.25) is 0 Å². The fourth-order valence-electron chi connectivity index (χ4n) is 3.95. The minimum Gasteiger partial charge on any atom is -0.356 e. The maximum atomic E-state index is 12.6. The van der Waals surface area contributed by atoms with Gasteiger partial charge in [-0.15, -0.1) is 0 Å². The van der Waals surface area contributed by atoms with Gasteiger partial charge in [-0.05, 0) is 57.1 Å². The highest BCUT2D eigenvalue weighted by molar-refractivity contribution is 5.94. The number of hydrogen-bond donors (Lipinski definition) is 1. The van der Waals surface area contributed by atoms with Crippen LogP contribution < -0.4 is 5.32 Å². The molecule has 0 bridgehead atoms. The van der Waals surface area contributed by atoms with Crippen molar-refractivity contribution in [2.45, 2.75) is 65.7 Å². The van der Waals surface area contributed by atoms with E-state index >= 15 is 0 Å². The zero-order valence-corrected chi connectivity index (χ0v) is 17.3. The Kier molecular flexibility index (Phi) is 8.83. The molecule has 1 heterocycles. The Bertz CT molecular complexity index is 583. The van der Waals surface area contributed by atoms with Gasteiger partial charge in [-0.25, -0.2) is 0 Å². The van der Waals surface area contributed by atoms with Crippen LogP contribution in [0, 0.1) is 18.8 Å². The molecule has 4 nitrogen and oxygen atoms in total. The van der Waals surface area contributed by atoms with E-state index in [2.05, 4.69) is 19.2 Å². The number of piperidine rings is 1. The van der Waals surface area contributed by atoms with Crippen LogP contribution in [-0.2, 0) is 4.79 Å². The number of hydrogen-bond acceptors (Lipinski definition) is 2. The molecule has 0 unspecified atom stereocenters. The summed E-state index contributed by atoms with van der Waals surface area (Å²) in [6.45, 7) is 8.72. The molecule has 1 aliphatic rings. The summed E-state index contributed by atoms with van der Waals surface area (Å²) in [5.74, 6) is 1.14. The Labute approximate surface area is 164 Å². The molecule has 1 saturated heterocycles. The highest BCUT2D eigenvalue weighted by Gasteiger charge is 2.24. The van der Waals surface area contributed by atoms with Crippen LogP contribution in [0.5, 0.6) is 0 Å². The van der Waals surface area contributed by atoms with Crippen LogP contribution in [-0.4, -0.2) is 36.3 Å². The summed E-state index contributed by atoms with van der Waals surface area (Å²) < 4.78 is 0. The summed E-state index contributed by atoms with van der Waals surface area (Å²) in [6.07, 6.45) is 7.17. The van der Waals surface area contributed by atoms with E-state index in [-0.39, 0.29) is 17.7 Å². The largest absolute Gasteiger partial charge is 0.356 e. The molecule has 2 rings (SSSR count). The van der Waals surface area contributed by atoms with Gasteiger partial charge in [0.25, 0.3) is 5.91 Å². The number of likely N-dealkylation sites (tertiary alicyclic amines) is 1. The van der Waals surface area contributed by atoms with E-state index in [0.29, 0.717) is 5.92 Å². The number of aryl methyl sites for hydroxylation is 1. The third kappa shape index (κ3) is 6.67. The van der Waals surface area contributed by atoms with Crippen LogP contribution in [0.25, 0.3) is 0 Å². The van der Waals surface area contributed by atoms with Crippen molar-refractivity contribution >= 4 is 11.8 Å². The molecule has 0 atom stereocenters. The van der Waals surface area contributed by atoms with E-state index in [1.165, 1.54) is 5.56 Å². The molecule has 0 aromatic heterocycles. The molecule has 150 valence electrons. The average Bonchev–Trinajstić information content (AvgIpc) is 2.68. The molecule has 1 N–H and O–H groups in total. The van der Waals surface area contributed by atoms with Crippen molar-refractivity contribution in [3.8, 4) is 0 Å². The average molecular weight is 373 g/mol. The quantitative estimate of drug-likeness (QED) is 0.690. The fraction of sp³-hybridized carbons (Fsp3) is 0.652. The molecular weight excluding hydrogens is 336 g/mol. The summed E-state index contributed by atoms with van der Waals surface area (Å²) >= 11 is 0. The van der Waals surface area contributed by atoms with Gasteiger partial charge < -0.3 is 10.2 Å². The van der Waals surface area contributed by atoms with Crippen LogP contribution in [0.15, 0.2) is 24.3 Å². The Morgan fingerprint density at radius 1 is 1.07 bits per heavy atom. The summed E-state index contributed by atoms with van der Waals surface area (Å²) in [7, 11) is 0. The van der Waals surface area contributed by atoms with Crippen molar-refractivity contribution in [3.05, 3.63) is 35.4 Å². The first-order valence-electron chi connectivity index (χ1n) is 10.7. The molecule has 1 aromatic carbocycles. The lowest BCUT2D eigenvalue weighted by molar-refractivity contribution is -0.125. The van der Waals surface area contributed by atoms with Crippen LogP contribution >= 0.6 is 0 Å². The molecule has 0 saturated carbocycles. The predicted octanol–water partition coefficient (Wildman–Crippen LogP) is 4.57. The summed E-state index contributed by atoms with van der Waals surface area (Å²) in [6, 6.07) is 7.82. The number of carbonyl (C=O) groups excluding carboxylic acids is 2. The molecule has 1 fully saturated rings. The lowest BCUT2D eigenvalue weighted by atomic mass is 9.92. The maximum Gasteiger partial charge on any atom is 0.253 e. The number of amides is 2. The first-order chi connectivity index (χ1) is 13.0. The number of nitrogens with zero attached hydrogens (tertiary/aromatic N) is 1. The van der Waals surface area contributed by atoms with E-state index < -0.39 is 0 Å². The van der Waals surface area contributed by atoms with Gasteiger partial charge in [0.05, 0.1) is 0 Å². The van der Waals surface area contributed by atoms with Gasteiger partial charge in [0.15, 0.2) is 0 Å². The topological polar surface area (TPSA) is 49.4 Å². The molecular formula is C23H36N2O2. The zero-order chi connectivity index (χ0) is 19.6. The predicted molar refractivity (Wildman–Crippen MR) is 111 cm³/mol. The maximum absolute atomic E-state index is 12.6. The van der Waals surface area contributed by atoms with Gasteiger partial charge in [-0.2, -0.15) is 0 Å². The van der Waals surface area contributed by atoms with Gasteiger partial charge in [0.2, 0.25) is 5.91 Å². The van der Waals surface area contributed by atoms with Gasteiger partial charge >= 0.3 is 0 Å². The standard InChI is InChI=1S/C23H36N2O2/c1-4-6-20(7-5-2)22(26)24-15-12-19-13-16-25(17-14-19)23(27)21-10-8-18(3)9-11-21/h8-11,19-20H,4-7,12-17H2,1-3H3,(H,24,26). The number of rotatable bonds is 9. The highest BCUT2D eigenvalue weighted by atomic mass is 16.2. The molecule has 0 spiro atoms. The van der Waals surface area contributed by atoms with Crippen molar-refractivity contribution in [1.82, 2.24) is 10.2 Å². The first kappa shape index (κ1) is 21.5. The second-order valence-corrected chi connectivity index (χ2v) is 7.96. The van der Waals surface area contributed by atoms with E-state index in [9.17, 15) is 9.59 Å². The van der Waals surface area contributed by atoms with Gasteiger partial charge in [0, 0.05) is 31.1 Å². The van der Waals surface area contributed by atoms with Crippen LogP contribution in [0.3, 0.4) is 0 Å².